The van der Waals surface area contributed by atoms with E-state index in [1.165, 1.54) is 0 Å². The van der Waals surface area contributed by atoms with Crippen molar-refractivity contribution in [1.29, 1.82) is 0 Å². The van der Waals surface area contributed by atoms with Crippen molar-refractivity contribution in [3.05, 3.63) is 91.0 Å². The van der Waals surface area contributed by atoms with Gasteiger partial charge in [-0.25, -0.2) is 4.98 Å². The van der Waals surface area contributed by atoms with Crippen LogP contribution in [-0.2, 0) is 0 Å². The van der Waals surface area contributed by atoms with Crippen LogP contribution in [0.5, 0.6) is 0 Å². The van der Waals surface area contributed by atoms with Crippen LogP contribution in [0.15, 0.2) is 95.4 Å². The first-order valence-corrected chi connectivity index (χ1v) is 8.73. The van der Waals surface area contributed by atoms with Gasteiger partial charge in [0.2, 0.25) is 11.8 Å². The predicted octanol–water partition coefficient (Wildman–Crippen LogP) is 5.62. The number of nitrogens with zero attached hydrogens (tertiary/aromatic N) is 3. The molecule has 2 aromatic heterocycles. The number of aromatic nitrogens is 3. The van der Waals surface area contributed by atoms with Gasteiger partial charge in [-0.1, -0.05) is 66.7 Å². The summed E-state index contributed by atoms with van der Waals surface area (Å²) in [5.41, 5.74) is 4.61. The Labute approximate surface area is 156 Å². The van der Waals surface area contributed by atoms with Crippen LogP contribution in [0.1, 0.15) is 0 Å². The fourth-order valence-electron chi connectivity index (χ4n) is 3.14. The zero-order valence-corrected chi connectivity index (χ0v) is 14.4. The van der Waals surface area contributed by atoms with Crippen LogP contribution in [0, 0.1) is 0 Å². The Balaban J connectivity index is 1.70. The van der Waals surface area contributed by atoms with Gasteiger partial charge in [-0.15, -0.1) is 10.2 Å². The molecular weight excluding hydrogens is 334 g/mol. The van der Waals surface area contributed by atoms with Gasteiger partial charge in [0.25, 0.3) is 0 Å². The smallest absolute Gasteiger partial charge is 0.248 e. The molecule has 128 valence electrons. The second kappa shape index (κ2) is 6.50. The topological polar surface area (TPSA) is 51.8 Å². The van der Waals surface area contributed by atoms with Gasteiger partial charge in [-0.2, -0.15) is 0 Å². The minimum atomic E-state index is 0.490. The number of benzene rings is 3. The fraction of sp³-hybridized carbons (Fsp3) is 0. The first-order chi connectivity index (χ1) is 13.4. The molecule has 0 amide bonds. The molecule has 27 heavy (non-hydrogen) atoms. The van der Waals surface area contributed by atoms with Gasteiger partial charge in [0, 0.05) is 16.5 Å². The Morgan fingerprint density at radius 3 is 2.00 bits per heavy atom. The highest BCUT2D eigenvalue weighted by Gasteiger charge is 2.15. The van der Waals surface area contributed by atoms with Crippen molar-refractivity contribution < 1.29 is 4.42 Å². The molecule has 2 heterocycles. The molecule has 0 aliphatic rings. The van der Waals surface area contributed by atoms with Crippen LogP contribution < -0.4 is 0 Å². The van der Waals surface area contributed by atoms with Crippen molar-refractivity contribution in [3.8, 4) is 34.2 Å². The van der Waals surface area contributed by atoms with Gasteiger partial charge >= 0.3 is 0 Å². The monoisotopic (exact) mass is 349 g/mol. The molecule has 0 unspecified atom stereocenters. The van der Waals surface area contributed by atoms with Crippen molar-refractivity contribution in [2.24, 2.45) is 0 Å². The molecule has 0 saturated heterocycles. The Morgan fingerprint density at radius 2 is 1.22 bits per heavy atom. The molecule has 0 atom stereocenters. The molecule has 0 aliphatic heterocycles. The lowest BCUT2D eigenvalue weighted by Gasteiger charge is -2.07. The van der Waals surface area contributed by atoms with E-state index in [1.807, 2.05) is 91.0 Å². The quantitative estimate of drug-likeness (QED) is 0.424. The summed E-state index contributed by atoms with van der Waals surface area (Å²) in [5, 5.41) is 9.52. The molecule has 3 aromatic carbocycles. The number of pyridine rings is 1. The van der Waals surface area contributed by atoms with Gasteiger partial charge in [0.05, 0.1) is 16.8 Å². The number of hydrogen-bond acceptors (Lipinski definition) is 4. The summed E-state index contributed by atoms with van der Waals surface area (Å²) in [5.74, 6) is 0.998. The third-order valence-corrected chi connectivity index (χ3v) is 4.46. The van der Waals surface area contributed by atoms with Crippen LogP contribution in [0.4, 0.5) is 0 Å². The third-order valence-electron chi connectivity index (χ3n) is 4.46. The molecule has 0 radical (unpaired) electrons. The second-order valence-electron chi connectivity index (χ2n) is 6.22. The summed E-state index contributed by atoms with van der Waals surface area (Å²) < 4.78 is 6.00. The van der Waals surface area contributed by atoms with Gasteiger partial charge in [0.1, 0.15) is 0 Å². The first-order valence-electron chi connectivity index (χ1n) is 8.73. The van der Waals surface area contributed by atoms with Crippen LogP contribution >= 0.6 is 0 Å². The van der Waals surface area contributed by atoms with Gasteiger partial charge in [-0.3, -0.25) is 0 Å². The average Bonchev–Trinajstić information content (AvgIpc) is 3.24. The van der Waals surface area contributed by atoms with Crippen LogP contribution in [0.25, 0.3) is 45.1 Å². The summed E-state index contributed by atoms with van der Waals surface area (Å²) in [6.45, 7) is 0. The van der Waals surface area contributed by atoms with E-state index in [4.69, 9.17) is 9.40 Å². The summed E-state index contributed by atoms with van der Waals surface area (Å²) in [7, 11) is 0. The lowest BCUT2D eigenvalue weighted by atomic mass is 10.0. The number of fused-ring (bicyclic) bond motifs is 1. The summed E-state index contributed by atoms with van der Waals surface area (Å²) in [6.07, 6.45) is 0. The maximum absolute atomic E-state index is 6.00. The Kier molecular flexibility index (Phi) is 3.72. The van der Waals surface area contributed by atoms with Crippen molar-refractivity contribution in [1.82, 2.24) is 15.2 Å². The summed E-state index contributed by atoms with van der Waals surface area (Å²) in [6, 6.07) is 29.9. The van der Waals surface area contributed by atoms with E-state index in [-0.39, 0.29) is 0 Å². The van der Waals surface area contributed by atoms with Crippen molar-refractivity contribution >= 4 is 10.9 Å². The van der Waals surface area contributed by atoms with E-state index in [1.54, 1.807) is 0 Å². The van der Waals surface area contributed by atoms with Gasteiger partial charge in [0.15, 0.2) is 0 Å². The molecular formula is C23H15N3O. The predicted molar refractivity (Wildman–Crippen MR) is 106 cm³/mol. The van der Waals surface area contributed by atoms with E-state index in [2.05, 4.69) is 10.2 Å². The number of rotatable bonds is 3. The maximum atomic E-state index is 6.00. The van der Waals surface area contributed by atoms with Gasteiger partial charge < -0.3 is 4.42 Å². The Bertz CT molecular complexity index is 1210. The summed E-state index contributed by atoms with van der Waals surface area (Å²) >= 11 is 0. The number of para-hydroxylation sites is 1. The first kappa shape index (κ1) is 15.5. The van der Waals surface area contributed by atoms with Crippen molar-refractivity contribution in [3.63, 3.8) is 0 Å². The van der Waals surface area contributed by atoms with E-state index in [0.717, 1.165) is 33.3 Å². The van der Waals surface area contributed by atoms with E-state index in [9.17, 15) is 0 Å². The Hall–Kier alpha value is -3.79. The third kappa shape index (κ3) is 2.87. The van der Waals surface area contributed by atoms with E-state index >= 15 is 0 Å². The van der Waals surface area contributed by atoms with E-state index in [0.29, 0.717) is 11.8 Å². The highest BCUT2D eigenvalue weighted by molar-refractivity contribution is 5.94. The van der Waals surface area contributed by atoms with Crippen molar-refractivity contribution in [2.45, 2.75) is 0 Å². The molecule has 5 aromatic rings. The lowest BCUT2D eigenvalue weighted by molar-refractivity contribution is 0.585. The molecule has 5 rings (SSSR count). The molecule has 4 heteroatoms. The van der Waals surface area contributed by atoms with Crippen molar-refractivity contribution in [2.75, 3.05) is 0 Å². The average molecular weight is 349 g/mol. The molecule has 0 spiro atoms. The normalized spacial score (nSPS) is 11.0. The molecule has 0 fully saturated rings. The molecule has 4 nitrogen and oxygen atoms in total. The fourth-order valence-corrected chi connectivity index (χ4v) is 3.14. The standard InChI is InChI=1S/C23H15N3O/c1-3-9-16(10-4-1)21-15-19(18-13-7-8-14-20(18)24-21)23-26-25-22(27-23)17-11-5-2-6-12-17/h1-15H. The highest BCUT2D eigenvalue weighted by atomic mass is 16.4. The van der Waals surface area contributed by atoms with Gasteiger partial charge in [-0.05, 0) is 24.3 Å². The minimum absolute atomic E-state index is 0.490. The largest absolute Gasteiger partial charge is 0.416 e. The van der Waals surface area contributed by atoms with E-state index < -0.39 is 0 Å². The van der Waals surface area contributed by atoms with Crippen LogP contribution in [0.2, 0.25) is 0 Å². The van der Waals surface area contributed by atoms with Crippen LogP contribution in [0.3, 0.4) is 0 Å². The Morgan fingerprint density at radius 1 is 0.593 bits per heavy atom. The lowest BCUT2D eigenvalue weighted by Crippen LogP contribution is -1.89. The molecule has 0 aliphatic carbocycles. The van der Waals surface area contributed by atoms with Crippen LogP contribution in [-0.4, -0.2) is 15.2 Å². The SMILES string of the molecule is c1ccc(-c2cc(-c3nnc(-c4ccccc4)o3)c3ccccc3n2)cc1. The second-order valence-corrected chi connectivity index (χ2v) is 6.22. The minimum Gasteiger partial charge on any atom is -0.416 e. The maximum Gasteiger partial charge on any atom is 0.248 e. The zero-order chi connectivity index (χ0) is 18.1. The number of hydrogen-bond donors (Lipinski definition) is 0. The molecule has 0 N–H and O–H groups in total. The molecule has 0 saturated carbocycles. The highest BCUT2D eigenvalue weighted by Crippen LogP contribution is 2.32. The summed E-state index contributed by atoms with van der Waals surface area (Å²) in [4.78, 5) is 4.81. The molecule has 0 bridgehead atoms. The zero-order valence-electron chi connectivity index (χ0n) is 14.4.